The minimum atomic E-state index is -0.562. The van der Waals surface area contributed by atoms with Crippen molar-refractivity contribution in [1.82, 2.24) is 5.32 Å². The van der Waals surface area contributed by atoms with Gasteiger partial charge in [0.25, 0.3) is 0 Å². The zero-order chi connectivity index (χ0) is 12.3. The molecule has 1 fully saturated rings. The van der Waals surface area contributed by atoms with E-state index in [0.717, 1.165) is 31.5 Å². The maximum atomic E-state index is 12.1. The third-order valence-electron chi connectivity index (χ3n) is 3.45. The fourth-order valence-corrected chi connectivity index (χ4v) is 2.44. The van der Waals surface area contributed by atoms with Crippen molar-refractivity contribution >= 4 is 5.97 Å². The molecule has 2 rings (SSSR count). The number of phenols is 1. The van der Waals surface area contributed by atoms with E-state index in [0.29, 0.717) is 0 Å². The molecule has 0 spiro atoms. The van der Waals surface area contributed by atoms with Crippen molar-refractivity contribution < 1.29 is 14.6 Å². The second-order valence-corrected chi connectivity index (χ2v) is 4.37. The molecule has 4 nitrogen and oxygen atoms in total. The molecule has 4 heteroatoms. The number of aromatic hydroxyl groups is 1. The quantitative estimate of drug-likeness (QED) is 0.756. The van der Waals surface area contributed by atoms with Gasteiger partial charge in [-0.25, -0.2) is 0 Å². The van der Waals surface area contributed by atoms with E-state index in [4.69, 9.17) is 4.74 Å². The Morgan fingerprint density at radius 2 is 1.88 bits per heavy atom. The molecule has 0 radical (unpaired) electrons. The third kappa shape index (κ3) is 2.13. The van der Waals surface area contributed by atoms with Gasteiger partial charge >= 0.3 is 5.97 Å². The zero-order valence-electron chi connectivity index (χ0n) is 9.90. The van der Waals surface area contributed by atoms with Crippen LogP contribution < -0.4 is 5.32 Å². The van der Waals surface area contributed by atoms with Crippen LogP contribution in [0.25, 0.3) is 0 Å². The minimum absolute atomic E-state index is 0.190. The Hall–Kier alpha value is -1.55. The van der Waals surface area contributed by atoms with Crippen LogP contribution in [0.1, 0.15) is 18.4 Å². The minimum Gasteiger partial charge on any atom is -0.508 e. The van der Waals surface area contributed by atoms with E-state index >= 15 is 0 Å². The lowest BCUT2D eigenvalue weighted by Crippen LogP contribution is -2.46. The van der Waals surface area contributed by atoms with Crippen molar-refractivity contribution in [3.8, 4) is 5.75 Å². The number of phenolic OH excluding ortho intramolecular Hbond substituents is 1. The molecule has 0 unspecified atom stereocenters. The molecule has 1 heterocycles. The van der Waals surface area contributed by atoms with Crippen LogP contribution in [-0.4, -0.2) is 31.3 Å². The van der Waals surface area contributed by atoms with E-state index < -0.39 is 5.41 Å². The molecule has 0 amide bonds. The standard InChI is InChI=1S/C13H17NO3/c1-17-12(16)13(6-8-14-9-7-13)10-2-4-11(15)5-3-10/h2-5,14-15H,6-9H2,1H3. The van der Waals surface area contributed by atoms with Crippen molar-refractivity contribution in [2.45, 2.75) is 18.3 Å². The SMILES string of the molecule is COC(=O)C1(c2ccc(O)cc2)CCNCC1. The predicted octanol–water partition coefficient (Wildman–Crippen LogP) is 1.19. The Morgan fingerprint density at radius 1 is 1.29 bits per heavy atom. The van der Waals surface area contributed by atoms with Gasteiger partial charge in [0.15, 0.2) is 0 Å². The van der Waals surface area contributed by atoms with Gasteiger partial charge in [-0.05, 0) is 43.6 Å². The van der Waals surface area contributed by atoms with Crippen LogP contribution in [0, 0.1) is 0 Å². The van der Waals surface area contributed by atoms with Gasteiger partial charge in [0, 0.05) is 0 Å². The Balaban J connectivity index is 2.38. The van der Waals surface area contributed by atoms with Gasteiger partial charge in [-0.3, -0.25) is 4.79 Å². The molecule has 2 N–H and O–H groups in total. The van der Waals surface area contributed by atoms with Crippen molar-refractivity contribution in [3.05, 3.63) is 29.8 Å². The highest BCUT2D eigenvalue weighted by molar-refractivity contribution is 5.83. The van der Waals surface area contributed by atoms with Crippen LogP contribution in [0.4, 0.5) is 0 Å². The fraction of sp³-hybridized carbons (Fsp3) is 0.462. The van der Waals surface area contributed by atoms with Crippen molar-refractivity contribution in [3.63, 3.8) is 0 Å². The molecule has 0 saturated carbocycles. The van der Waals surface area contributed by atoms with Crippen molar-refractivity contribution in [2.75, 3.05) is 20.2 Å². The zero-order valence-corrected chi connectivity index (χ0v) is 9.90. The molecule has 1 aromatic rings. The molecular formula is C13H17NO3. The van der Waals surface area contributed by atoms with Gasteiger partial charge in [-0.1, -0.05) is 12.1 Å². The topological polar surface area (TPSA) is 58.6 Å². The summed E-state index contributed by atoms with van der Waals surface area (Å²) in [6.07, 6.45) is 1.45. The summed E-state index contributed by atoms with van der Waals surface area (Å²) < 4.78 is 4.95. The first-order chi connectivity index (χ1) is 8.19. The molecule has 0 aromatic heterocycles. The number of rotatable bonds is 2. The van der Waals surface area contributed by atoms with E-state index in [9.17, 15) is 9.90 Å². The summed E-state index contributed by atoms with van der Waals surface area (Å²) in [5.41, 5.74) is 0.358. The van der Waals surface area contributed by atoms with Gasteiger partial charge in [0.2, 0.25) is 0 Å². The van der Waals surface area contributed by atoms with Gasteiger partial charge < -0.3 is 15.2 Å². The highest BCUT2D eigenvalue weighted by Gasteiger charge is 2.42. The molecule has 1 aliphatic rings. The summed E-state index contributed by atoms with van der Waals surface area (Å²) in [5, 5.41) is 12.5. The Morgan fingerprint density at radius 3 is 2.41 bits per heavy atom. The summed E-state index contributed by atoms with van der Waals surface area (Å²) in [5.74, 6) is 0.0207. The van der Waals surface area contributed by atoms with Gasteiger partial charge in [0.1, 0.15) is 5.75 Å². The highest BCUT2D eigenvalue weighted by Crippen LogP contribution is 2.35. The molecule has 1 aliphatic heterocycles. The van der Waals surface area contributed by atoms with Gasteiger partial charge in [-0.2, -0.15) is 0 Å². The second-order valence-electron chi connectivity index (χ2n) is 4.37. The first kappa shape index (κ1) is 11.9. The van der Waals surface area contributed by atoms with Gasteiger partial charge in [-0.15, -0.1) is 0 Å². The largest absolute Gasteiger partial charge is 0.508 e. The maximum Gasteiger partial charge on any atom is 0.316 e. The number of nitrogens with one attached hydrogen (secondary N) is 1. The molecule has 17 heavy (non-hydrogen) atoms. The fourth-order valence-electron chi connectivity index (χ4n) is 2.44. The highest BCUT2D eigenvalue weighted by atomic mass is 16.5. The molecule has 0 aliphatic carbocycles. The molecule has 0 bridgehead atoms. The van der Waals surface area contributed by atoms with E-state index in [-0.39, 0.29) is 11.7 Å². The number of ether oxygens (including phenoxy) is 1. The van der Waals surface area contributed by atoms with Crippen LogP contribution in [0.2, 0.25) is 0 Å². The number of hydrogen-bond donors (Lipinski definition) is 2. The summed E-state index contributed by atoms with van der Waals surface area (Å²) in [6.45, 7) is 1.60. The normalized spacial score (nSPS) is 18.6. The van der Waals surface area contributed by atoms with Crippen LogP contribution in [0.15, 0.2) is 24.3 Å². The van der Waals surface area contributed by atoms with Crippen molar-refractivity contribution in [1.29, 1.82) is 0 Å². The van der Waals surface area contributed by atoms with Crippen molar-refractivity contribution in [2.24, 2.45) is 0 Å². The first-order valence-corrected chi connectivity index (χ1v) is 5.78. The van der Waals surface area contributed by atoms with Crippen LogP contribution >= 0.6 is 0 Å². The second kappa shape index (κ2) is 4.75. The number of carbonyl (C=O) groups is 1. The average molecular weight is 235 g/mol. The third-order valence-corrected chi connectivity index (χ3v) is 3.45. The average Bonchev–Trinajstić information content (AvgIpc) is 2.39. The summed E-state index contributed by atoms with van der Waals surface area (Å²) in [7, 11) is 1.42. The van der Waals surface area contributed by atoms with Gasteiger partial charge in [0.05, 0.1) is 12.5 Å². The molecule has 1 aromatic carbocycles. The number of benzene rings is 1. The summed E-state index contributed by atoms with van der Waals surface area (Å²) >= 11 is 0. The number of hydrogen-bond acceptors (Lipinski definition) is 4. The van der Waals surface area contributed by atoms with E-state index in [1.54, 1.807) is 24.3 Å². The lowest BCUT2D eigenvalue weighted by Gasteiger charge is -2.35. The maximum absolute atomic E-state index is 12.1. The predicted molar refractivity (Wildman–Crippen MR) is 63.9 cm³/mol. The van der Waals surface area contributed by atoms with E-state index in [1.807, 2.05) is 0 Å². The lowest BCUT2D eigenvalue weighted by atomic mass is 9.73. The van der Waals surface area contributed by atoms with Crippen LogP contribution in [0.3, 0.4) is 0 Å². The molecule has 92 valence electrons. The molecule has 0 atom stereocenters. The Labute approximate surface area is 101 Å². The smallest absolute Gasteiger partial charge is 0.316 e. The number of piperidine rings is 1. The monoisotopic (exact) mass is 235 g/mol. The van der Waals surface area contributed by atoms with Crippen LogP contribution in [-0.2, 0) is 14.9 Å². The first-order valence-electron chi connectivity index (χ1n) is 5.78. The van der Waals surface area contributed by atoms with E-state index in [2.05, 4.69) is 5.32 Å². The number of methoxy groups -OCH3 is 1. The number of carbonyl (C=O) groups excluding carboxylic acids is 1. The Kier molecular flexibility index (Phi) is 3.33. The molecule has 1 saturated heterocycles. The number of esters is 1. The van der Waals surface area contributed by atoms with E-state index in [1.165, 1.54) is 7.11 Å². The van der Waals surface area contributed by atoms with Crippen LogP contribution in [0.5, 0.6) is 5.75 Å². The Bertz CT molecular complexity index is 394. The molecular weight excluding hydrogens is 218 g/mol. The summed E-state index contributed by atoms with van der Waals surface area (Å²) in [6, 6.07) is 6.83. The summed E-state index contributed by atoms with van der Waals surface area (Å²) in [4.78, 5) is 12.1. The lowest BCUT2D eigenvalue weighted by molar-refractivity contribution is -0.148.